The van der Waals surface area contributed by atoms with Crippen molar-refractivity contribution in [1.82, 2.24) is 20.4 Å². The lowest BCUT2D eigenvalue weighted by Gasteiger charge is -2.20. The Morgan fingerprint density at radius 3 is 2.07 bits per heavy atom. The predicted molar refractivity (Wildman–Crippen MR) is 114 cm³/mol. The third kappa shape index (κ3) is 7.15. The second kappa shape index (κ2) is 11.3. The van der Waals surface area contributed by atoms with E-state index in [-0.39, 0.29) is 0 Å². The normalized spacial score (nSPS) is 19.8. The average molecular weight is 372 g/mol. The summed E-state index contributed by atoms with van der Waals surface area (Å²) in [4.78, 5) is 9.48. The number of benzene rings is 1. The minimum atomic E-state index is 0.813. The van der Waals surface area contributed by atoms with Crippen LogP contribution >= 0.6 is 0 Å². The van der Waals surface area contributed by atoms with Gasteiger partial charge in [-0.1, -0.05) is 37.1 Å². The first-order valence-electron chi connectivity index (χ1n) is 10.8. The van der Waals surface area contributed by atoms with Crippen LogP contribution in [0.1, 0.15) is 49.7 Å². The van der Waals surface area contributed by atoms with E-state index in [1.54, 1.807) is 0 Å². The molecule has 2 N–H and O–H groups in total. The number of likely N-dealkylation sites (tertiary alicyclic amines) is 2. The fourth-order valence-electron chi connectivity index (χ4n) is 4.06. The molecular weight excluding hydrogens is 334 g/mol. The van der Waals surface area contributed by atoms with Gasteiger partial charge in [0.05, 0.1) is 0 Å². The van der Waals surface area contributed by atoms with Crippen molar-refractivity contribution in [3.05, 3.63) is 35.4 Å². The van der Waals surface area contributed by atoms with Crippen LogP contribution in [0.25, 0.3) is 0 Å². The predicted octanol–water partition coefficient (Wildman–Crippen LogP) is 2.82. The van der Waals surface area contributed by atoms with Gasteiger partial charge in [0.15, 0.2) is 5.96 Å². The molecule has 2 aliphatic heterocycles. The Morgan fingerprint density at radius 1 is 0.815 bits per heavy atom. The Hall–Kier alpha value is -1.59. The van der Waals surface area contributed by atoms with Crippen LogP contribution in [0.15, 0.2) is 29.3 Å². The van der Waals surface area contributed by atoms with Gasteiger partial charge < -0.3 is 15.5 Å². The molecule has 0 aromatic heterocycles. The highest BCUT2D eigenvalue weighted by atomic mass is 15.2. The van der Waals surface area contributed by atoms with E-state index < -0.39 is 0 Å². The largest absolute Gasteiger partial charge is 0.355 e. The maximum atomic E-state index is 4.36. The van der Waals surface area contributed by atoms with E-state index in [9.17, 15) is 0 Å². The van der Waals surface area contributed by atoms with Gasteiger partial charge in [-0.3, -0.25) is 9.89 Å². The Bertz CT molecular complexity index is 555. The van der Waals surface area contributed by atoms with Crippen molar-refractivity contribution in [2.45, 2.75) is 51.6 Å². The van der Waals surface area contributed by atoms with E-state index in [0.29, 0.717) is 0 Å². The van der Waals surface area contributed by atoms with Crippen molar-refractivity contribution in [3.63, 3.8) is 0 Å². The Balaban J connectivity index is 1.35. The summed E-state index contributed by atoms with van der Waals surface area (Å²) in [6.07, 6.45) is 8.19. The lowest BCUT2D eigenvalue weighted by Crippen LogP contribution is -2.41. The summed E-state index contributed by atoms with van der Waals surface area (Å²) in [5.41, 5.74) is 2.72. The molecule has 5 heteroatoms. The first-order valence-corrected chi connectivity index (χ1v) is 10.8. The second-order valence-corrected chi connectivity index (χ2v) is 7.91. The van der Waals surface area contributed by atoms with Crippen LogP contribution in [0.5, 0.6) is 0 Å². The fraction of sp³-hybridized carbons (Fsp3) is 0.682. The van der Waals surface area contributed by atoms with E-state index in [1.807, 2.05) is 7.05 Å². The van der Waals surface area contributed by atoms with Gasteiger partial charge in [0.25, 0.3) is 0 Å². The highest BCUT2D eigenvalue weighted by Crippen LogP contribution is 2.13. The molecule has 27 heavy (non-hydrogen) atoms. The van der Waals surface area contributed by atoms with Gasteiger partial charge in [0, 0.05) is 33.2 Å². The summed E-state index contributed by atoms with van der Waals surface area (Å²) >= 11 is 0. The highest BCUT2D eigenvalue weighted by Gasteiger charge is 2.11. The number of nitrogens with zero attached hydrogens (tertiary/aromatic N) is 3. The van der Waals surface area contributed by atoms with Crippen molar-refractivity contribution in [2.24, 2.45) is 4.99 Å². The van der Waals surface area contributed by atoms with Gasteiger partial charge >= 0.3 is 0 Å². The molecule has 3 rings (SSSR count). The Kier molecular flexibility index (Phi) is 8.43. The molecule has 150 valence electrons. The van der Waals surface area contributed by atoms with Crippen LogP contribution in [0.2, 0.25) is 0 Å². The third-order valence-electron chi connectivity index (χ3n) is 5.73. The summed E-state index contributed by atoms with van der Waals surface area (Å²) in [5.74, 6) is 0.894. The van der Waals surface area contributed by atoms with Crippen molar-refractivity contribution < 1.29 is 0 Å². The van der Waals surface area contributed by atoms with Crippen molar-refractivity contribution >= 4 is 5.96 Å². The third-order valence-corrected chi connectivity index (χ3v) is 5.73. The monoisotopic (exact) mass is 371 g/mol. The number of nitrogens with one attached hydrogen (secondary N) is 2. The van der Waals surface area contributed by atoms with E-state index >= 15 is 0 Å². The van der Waals surface area contributed by atoms with Gasteiger partial charge in [0.1, 0.15) is 0 Å². The number of hydrogen-bond donors (Lipinski definition) is 2. The molecule has 2 aliphatic rings. The zero-order valence-electron chi connectivity index (χ0n) is 17.1. The minimum absolute atomic E-state index is 0.813. The SMILES string of the molecule is CN=C(NCCN1CCCCCC1)NCc1ccc(CN2CCCC2)cc1. The standard InChI is InChI=1S/C22H37N5/c1-23-22(24-12-17-26-13-4-2-3-5-14-26)25-18-20-8-10-21(11-9-20)19-27-15-6-7-16-27/h8-11H,2-7,12-19H2,1H3,(H2,23,24,25). The summed E-state index contributed by atoms with van der Waals surface area (Å²) < 4.78 is 0. The van der Waals surface area contributed by atoms with Gasteiger partial charge in [-0.15, -0.1) is 0 Å². The molecule has 0 radical (unpaired) electrons. The smallest absolute Gasteiger partial charge is 0.191 e. The average Bonchev–Trinajstić information content (AvgIpc) is 3.07. The van der Waals surface area contributed by atoms with Gasteiger partial charge in [0.2, 0.25) is 0 Å². The van der Waals surface area contributed by atoms with E-state index in [2.05, 4.69) is 49.7 Å². The van der Waals surface area contributed by atoms with Crippen LogP contribution in [-0.2, 0) is 13.1 Å². The second-order valence-electron chi connectivity index (χ2n) is 7.91. The van der Waals surface area contributed by atoms with E-state index in [4.69, 9.17) is 0 Å². The molecule has 0 spiro atoms. The van der Waals surface area contributed by atoms with Crippen LogP contribution in [0, 0.1) is 0 Å². The van der Waals surface area contributed by atoms with E-state index in [0.717, 1.165) is 32.1 Å². The number of guanidine groups is 1. The number of hydrogen-bond acceptors (Lipinski definition) is 3. The molecule has 0 amide bonds. The topological polar surface area (TPSA) is 42.9 Å². The van der Waals surface area contributed by atoms with Crippen LogP contribution in [0.3, 0.4) is 0 Å². The van der Waals surface area contributed by atoms with Crippen LogP contribution in [0.4, 0.5) is 0 Å². The maximum Gasteiger partial charge on any atom is 0.191 e. The highest BCUT2D eigenvalue weighted by molar-refractivity contribution is 5.79. The van der Waals surface area contributed by atoms with Gasteiger partial charge in [-0.25, -0.2) is 0 Å². The molecule has 2 fully saturated rings. The van der Waals surface area contributed by atoms with Gasteiger partial charge in [-0.2, -0.15) is 0 Å². The molecule has 0 unspecified atom stereocenters. The fourth-order valence-corrected chi connectivity index (χ4v) is 4.06. The molecule has 0 saturated carbocycles. The molecule has 2 saturated heterocycles. The number of rotatable bonds is 7. The Morgan fingerprint density at radius 2 is 1.41 bits per heavy atom. The van der Waals surface area contributed by atoms with Crippen LogP contribution < -0.4 is 10.6 Å². The number of aliphatic imine (C=N–C) groups is 1. The van der Waals surface area contributed by atoms with Crippen molar-refractivity contribution in [2.75, 3.05) is 46.3 Å². The Labute approximate surface area is 165 Å². The first kappa shape index (κ1) is 20.2. The van der Waals surface area contributed by atoms with Crippen molar-refractivity contribution in [3.8, 4) is 0 Å². The summed E-state index contributed by atoms with van der Waals surface area (Å²) in [5, 5.41) is 6.90. The lowest BCUT2D eigenvalue weighted by molar-refractivity contribution is 0.289. The molecular formula is C22H37N5. The maximum absolute atomic E-state index is 4.36. The molecule has 1 aromatic carbocycles. The van der Waals surface area contributed by atoms with Crippen molar-refractivity contribution in [1.29, 1.82) is 0 Å². The summed E-state index contributed by atoms with van der Waals surface area (Å²) in [6.45, 7) is 8.96. The molecule has 2 heterocycles. The minimum Gasteiger partial charge on any atom is -0.355 e. The van der Waals surface area contributed by atoms with Crippen LogP contribution in [-0.4, -0.2) is 62.1 Å². The van der Waals surface area contributed by atoms with Gasteiger partial charge in [-0.05, 0) is 63.0 Å². The molecule has 1 aromatic rings. The molecule has 0 bridgehead atoms. The molecule has 0 aliphatic carbocycles. The quantitative estimate of drug-likeness (QED) is 0.571. The summed E-state index contributed by atoms with van der Waals surface area (Å²) in [6, 6.07) is 9.02. The zero-order valence-corrected chi connectivity index (χ0v) is 17.1. The van der Waals surface area contributed by atoms with E-state index in [1.165, 1.54) is 75.8 Å². The molecule has 0 atom stereocenters. The summed E-state index contributed by atoms with van der Waals surface area (Å²) in [7, 11) is 1.85. The molecule has 5 nitrogen and oxygen atoms in total. The zero-order chi connectivity index (χ0) is 18.7. The lowest BCUT2D eigenvalue weighted by atomic mass is 10.1. The first-order chi connectivity index (χ1) is 13.3.